The normalized spacial score (nSPS) is 33.7. The third-order valence-electron chi connectivity index (χ3n) is 9.00. The molecule has 31 heavy (non-hydrogen) atoms. The molecule has 0 bridgehead atoms. The van der Waals surface area contributed by atoms with Crippen LogP contribution in [0.15, 0.2) is 12.1 Å². The first-order valence-electron chi connectivity index (χ1n) is 13.2. The van der Waals surface area contributed by atoms with Gasteiger partial charge in [0.1, 0.15) is 0 Å². The van der Waals surface area contributed by atoms with Gasteiger partial charge in [-0.05, 0) is 111 Å². The van der Waals surface area contributed by atoms with Crippen molar-refractivity contribution in [1.29, 1.82) is 0 Å². The van der Waals surface area contributed by atoms with Gasteiger partial charge in [-0.25, -0.2) is 4.39 Å². The molecule has 0 aliphatic heterocycles. The van der Waals surface area contributed by atoms with Crippen LogP contribution >= 0.6 is 0 Å². The summed E-state index contributed by atoms with van der Waals surface area (Å²) in [5.41, 5.74) is 0.416. The van der Waals surface area contributed by atoms with Crippen molar-refractivity contribution < 1.29 is 13.5 Å². The average Bonchev–Trinajstić information content (AvgIpc) is 2.80. The number of hydrogen-bond acceptors (Lipinski definition) is 1. The molecule has 0 amide bonds. The van der Waals surface area contributed by atoms with E-state index in [2.05, 4.69) is 6.92 Å². The minimum Gasteiger partial charge on any atom is -0.490 e. The maximum Gasteiger partial charge on any atom is 0.200 e. The number of ether oxygens (including phenoxy) is 1. The number of benzene rings is 1. The minimum absolute atomic E-state index is 0.0776. The topological polar surface area (TPSA) is 9.23 Å². The third-order valence-corrected chi connectivity index (χ3v) is 9.00. The Bertz CT molecular complexity index is 709. The van der Waals surface area contributed by atoms with E-state index in [0.717, 1.165) is 29.6 Å². The van der Waals surface area contributed by atoms with Crippen molar-refractivity contribution in [3.8, 4) is 5.75 Å². The monoisotopic (exact) mass is 432 g/mol. The van der Waals surface area contributed by atoms with E-state index in [9.17, 15) is 8.78 Å². The standard InChI is InChI=1S/C28H42F2O/c1-3-5-19-6-11-25-17-24(13-12-23(25)16-19)22-9-7-20(8-10-22)18-31-26-15-14-21(4-2)27(29)28(26)30/h14-15,19-20,22-25H,3-13,16-18H2,1-2H3. The lowest BCUT2D eigenvalue weighted by molar-refractivity contribution is 0.0544. The minimum atomic E-state index is -0.821. The summed E-state index contributed by atoms with van der Waals surface area (Å²) in [7, 11) is 0. The van der Waals surface area contributed by atoms with Crippen LogP contribution in [0.5, 0.6) is 5.75 Å². The van der Waals surface area contributed by atoms with Gasteiger partial charge in [-0.1, -0.05) is 39.2 Å². The molecule has 1 nitrogen and oxygen atoms in total. The molecule has 3 aliphatic carbocycles. The third kappa shape index (κ3) is 5.45. The second kappa shape index (κ2) is 10.7. The molecular weight excluding hydrogens is 390 g/mol. The second-order valence-electron chi connectivity index (χ2n) is 10.9. The molecule has 3 aliphatic rings. The zero-order chi connectivity index (χ0) is 21.8. The Morgan fingerprint density at radius 3 is 2.06 bits per heavy atom. The highest BCUT2D eigenvalue weighted by molar-refractivity contribution is 5.31. The largest absolute Gasteiger partial charge is 0.490 e. The van der Waals surface area contributed by atoms with Crippen LogP contribution in [-0.2, 0) is 6.42 Å². The van der Waals surface area contributed by atoms with Crippen LogP contribution in [0.25, 0.3) is 0 Å². The molecule has 0 saturated heterocycles. The van der Waals surface area contributed by atoms with Crippen LogP contribution in [-0.4, -0.2) is 6.61 Å². The predicted octanol–water partition coefficient (Wildman–Crippen LogP) is 8.35. The van der Waals surface area contributed by atoms with Crippen LogP contribution in [0.2, 0.25) is 0 Å². The highest BCUT2D eigenvalue weighted by Gasteiger charge is 2.38. The summed E-state index contributed by atoms with van der Waals surface area (Å²) in [6, 6.07) is 3.24. The van der Waals surface area contributed by atoms with Crippen molar-refractivity contribution in [2.75, 3.05) is 6.61 Å². The summed E-state index contributed by atoms with van der Waals surface area (Å²) >= 11 is 0. The molecule has 3 saturated carbocycles. The fourth-order valence-corrected chi connectivity index (χ4v) is 7.11. The number of aryl methyl sites for hydroxylation is 1. The fourth-order valence-electron chi connectivity index (χ4n) is 7.11. The molecule has 0 spiro atoms. The molecule has 4 unspecified atom stereocenters. The average molecular weight is 433 g/mol. The first-order chi connectivity index (χ1) is 15.1. The van der Waals surface area contributed by atoms with E-state index >= 15 is 0 Å². The van der Waals surface area contributed by atoms with Gasteiger partial charge in [-0.2, -0.15) is 4.39 Å². The summed E-state index contributed by atoms with van der Waals surface area (Å²) in [5.74, 6) is 3.82. The molecule has 0 radical (unpaired) electrons. The summed E-state index contributed by atoms with van der Waals surface area (Å²) in [6.45, 7) is 4.69. The van der Waals surface area contributed by atoms with Crippen molar-refractivity contribution in [1.82, 2.24) is 0 Å². The second-order valence-corrected chi connectivity index (χ2v) is 10.9. The highest BCUT2D eigenvalue weighted by Crippen LogP contribution is 2.49. The maximum atomic E-state index is 14.2. The van der Waals surface area contributed by atoms with Gasteiger partial charge < -0.3 is 4.74 Å². The molecule has 0 heterocycles. The lowest BCUT2D eigenvalue weighted by atomic mass is 9.60. The van der Waals surface area contributed by atoms with Crippen LogP contribution in [0.4, 0.5) is 8.78 Å². The number of hydrogen-bond donors (Lipinski definition) is 0. The fraction of sp³-hybridized carbons (Fsp3) is 0.786. The molecule has 4 atom stereocenters. The predicted molar refractivity (Wildman–Crippen MR) is 123 cm³/mol. The summed E-state index contributed by atoms with van der Waals surface area (Å²) in [4.78, 5) is 0. The molecule has 3 heteroatoms. The number of halogens is 2. The van der Waals surface area contributed by atoms with E-state index in [1.807, 2.05) is 6.92 Å². The van der Waals surface area contributed by atoms with Crippen LogP contribution < -0.4 is 4.74 Å². The van der Waals surface area contributed by atoms with Crippen molar-refractivity contribution in [2.45, 2.75) is 97.3 Å². The number of rotatable bonds is 7. The van der Waals surface area contributed by atoms with Crippen molar-refractivity contribution in [3.63, 3.8) is 0 Å². The van der Waals surface area contributed by atoms with Crippen molar-refractivity contribution in [3.05, 3.63) is 29.3 Å². The Morgan fingerprint density at radius 1 is 0.742 bits per heavy atom. The molecule has 1 aromatic rings. The molecule has 174 valence electrons. The SMILES string of the molecule is CCCC1CCC2CC(C3CCC(COc4ccc(CC)c(F)c4F)CC3)CCC2C1. The Kier molecular flexibility index (Phi) is 7.93. The van der Waals surface area contributed by atoms with Gasteiger partial charge >= 0.3 is 0 Å². The molecule has 0 aromatic heterocycles. The van der Waals surface area contributed by atoms with E-state index < -0.39 is 11.6 Å². The van der Waals surface area contributed by atoms with Crippen LogP contribution in [0.3, 0.4) is 0 Å². The Morgan fingerprint density at radius 2 is 1.35 bits per heavy atom. The van der Waals surface area contributed by atoms with Crippen molar-refractivity contribution >= 4 is 0 Å². The quantitative estimate of drug-likeness (QED) is 0.421. The molecule has 0 N–H and O–H groups in total. The van der Waals surface area contributed by atoms with Gasteiger partial charge in [0, 0.05) is 0 Å². The number of fused-ring (bicyclic) bond motifs is 1. The van der Waals surface area contributed by atoms with Crippen LogP contribution in [0.1, 0.15) is 96.5 Å². The highest BCUT2D eigenvalue weighted by atomic mass is 19.2. The van der Waals surface area contributed by atoms with E-state index in [0.29, 0.717) is 24.5 Å². The lowest BCUT2D eigenvalue weighted by Crippen LogP contribution is -2.35. The van der Waals surface area contributed by atoms with E-state index in [4.69, 9.17) is 4.74 Å². The van der Waals surface area contributed by atoms with Gasteiger partial charge in [-0.3, -0.25) is 0 Å². The zero-order valence-electron chi connectivity index (χ0n) is 19.7. The van der Waals surface area contributed by atoms with E-state index in [1.165, 1.54) is 77.0 Å². The molecule has 1 aromatic carbocycles. The lowest BCUT2D eigenvalue weighted by Gasteiger charge is -2.45. The van der Waals surface area contributed by atoms with Gasteiger partial charge in [0.05, 0.1) is 6.61 Å². The first kappa shape index (κ1) is 23.1. The van der Waals surface area contributed by atoms with Gasteiger partial charge in [0.15, 0.2) is 11.6 Å². The van der Waals surface area contributed by atoms with Crippen molar-refractivity contribution in [2.24, 2.45) is 35.5 Å². The van der Waals surface area contributed by atoms with Gasteiger partial charge in [0.2, 0.25) is 5.82 Å². The maximum absolute atomic E-state index is 14.2. The first-order valence-corrected chi connectivity index (χ1v) is 13.2. The molecule has 4 rings (SSSR count). The smallest absolute Gasteiger partial charge is 0.200 e. The van der Waals surface area contributed by atoms with Gasteiger partial charge in [0.25, 0.3) is 0 Å². The summed E-state index contributed by atoms with van der Waals surface area (Å²) in [5, 5.41) is 0. The Balaban J connectivity index is 1.21. The van der Waals surface area contributed by atoms with Gasteiger partial charge in [-0.15, -0.1) is 0 Å². The van der Waals surface area contributed by atoms with Crippen LogP contribution in [0, 0.1) is 47.1 Å². The molecular formula is C28H42F2O. The Labute approximate surface area is 188 Å². The van der Waals surface area contributed by atoms with E-state index in [-0.39, 0.29) is 5.75 Å². The van der Waals surface area contributed by atoms with E-state index in [1.54, 1.807) is 12.1 Å². The Hall–Kier alpha value is -1.12. The summed E-state index contributed by atoms with van der Waals surface area (Å²) < 4.78 is 33.9. The summed E-state index contributed by atoms with van der Waals surface area (Å²) in [6.07, 6.45) is 17.1. The zero-order valence-corrected chi connectivity index (χ0v) is 19.7. The molecule has 3 fully saturated rings.